The van der Waals surface area contributed by atoms with E-state index in [1.54, 1.807) is 0 Å². The number of fused-ring (bicyclic) bond motifs is 1. The van der Waals surface area contributed by atoms with Crippen molar-refractivity contribution in [1.29, 1.82) is 0 Å². The molecule has 1 heterocycles. The van der Waals surface area contributed by atoms with Crippen LogP contribution in [0.1, 0.15) is 51.0 Å². The highest BCUT2D eigenvalue weighted by Gasteiger charge is 2.40. The molecular formula is C24H36N2. The molecule has 2 heteroatoms. The van der Waals surface area contributed by atoms with Gasteiger partial charge in [-0.25, -0.2) is 0 Å². The zero-order chi connectivity index (χ0) is 18.6. The lowest BCUT2D eigenvalue weighted by Gasteiger charge is -2.48. The first-order valence-electron chi connectivity index (χ1n) is 10.4. The van der Waals surface area contributed by atoms with Gasteiger partial charge in [-0.15, -0.1) is 0 Å². The van der Waals surface area contributed by atoms with Crippen LogP contribution >= 0.6 is 0 Å². The number of benzene rings is 2. The van der Waals surface area contributed by atoms with Crippen LogP contribution in [0.5, 0.6) is 0 Å². The van der Waals surface area contributed by atoms with Crippen molar-refractivity contribution in [3.05, 3.63) is 48.0 Å². The Morgan fingerprint density at radius 3 is 2.54 bits per heavy atom. The number of nitrogens with one attached hydrogen (secondary N) is 1. The summed E-state index contributed by atoms with van der Waals surface area (Å²) in [6, 6.07) is 15.8. The van der Waals surface area contributed by atoms with Gasteiger partial charge in [0.15, 0.2) is 0 Å². The van der Waals surface area contributed by atoms with E-state index in [0.29, 0.717) is 11.3 Å². The monoisotopic (exact) mass is 352 g/mol. The summed E-state index contributed by atoms with van der Waals surface area (Å²) >= 11 is 0. The zero-order valence-electron chi connectivity index (χ0n) is 17.1. The van der Waals surface area contributed by atoms with Gasteiger partial charge in [-0.3, -0.25) is 0 Å². The fraction of sp³-hybridized carbons (Fsp3) is 0.583. The average molecular weight is 353 g/mol. The van der Waals surface area contributed by atoms with Crippen LogP contribution in [0.2, 0.25) is 0 Å². The van der Waals surface area contributed by atoms with E-state index in [9.17, 15) is 0 Å². The van der Waals surface area contributed by atoms with Gasteiger partial charge in [0, 0.05) is 13.1 Å². The number of nitrogens with zero attached hydrogens (tertiary/aromatic N) is 1. The summed E-state index contributed by atoms with van der Waals surface area (Å²) < 4.78 is 0. The van der Waals surface area contributed by atoms with Crippen molar-refractivity contribution in [1.82, 2.24) is 10.2 Å². The fourth-order valence-corrected chi connectivity index (χ4v) is 5.17. The number of likely N-dealkylation sites (N-methyl/N-ethyl adjacent to an activating group) is 1. The van der Waals surface area contributed by atoms with Gasteiger partial charge >= 0.3 is 0 Å². The van der Waals surface area contributed by atoms with Gasteiger partial charge in [0.25, 0.3) is 0 Å². The largest absolute Gasteiger partial charge is 0.319 e. The van der Waals surface area contributed by atoms with E-state index in [-0.39, 0.29) is 0 Å². The van der Waals surface area contributed by atoms with Gasteiger partial charge in [0.2, 0.25) is 0 Å². The van der Waals surface area contributed by atoms with Crippen molar-refractivity contribution in [3.63, 3.8) is 0 Å². The van der Waals surface area contributed by atoms with E-state index in [1.165, 1.54) is 55.1 Å². The lowest BCUT2D eigenvalue weighted by atomic mass is 9.64. The Kier molecular flexibility index (Phi) is 6.37. The van der Waals surface area contributed by atoms with Gasteiger partial charge in [0.05, 0.1) is 0 Å². The normalized spacial score (nSPS) is 21.8. The van der Waals surface area contributed by atoms with Crippen LogP contribution in [0.25, 0.3) is 10.8 Å². The molecule has 1 saturated heterocycles. The van der Waals surface area contributed by atoms with Crippen LogP contribution in [0.4, 0.5) is 0 Å². The third kappa shape index (κ3) is 3.97. The standard InChI is InChI=1S/C24H36N2/c1-5-24(6-2)13-14-26(4)18-23(24)16-22(17-25-3)21-12-11-19-9-7-8-10-20(19)15-21/h7-12,15,22-23,25H,5-6,13-14,16-18H2,1-4H3. The lowest BCUT2D eigenvalue weighted by Crippen LogP contribution is -2.46. The summed E-state index contributed by atoms with van der Waals surface area (Å²) in [7, 11) is 4.39. The molecule has 1 aliphatic heterocycles. The molecule has 1 aliphatic rings. The van der Waals surface area contributed by atoms with Gasteiger partial charge in [-0.1, -0.05) is 69.2 Å². The maximum Gasteiger partial charge on any atom is 0.00172 e. The first-order chi connectivity index (χ1) is 12.6. The Labute approximate surface area is 160 Å². The molecule has 1 fully saturated rings. The summed E-state index contributed by atoms with van der Waals surface area (Å²) in [5.74, 6) is 1.36. The Morgan fingerprint density at radius 1 is 1.12 bits per heavy atom. The van der Waals surface area contributed by atoms with E-state index in [1.807, 2.05) is 0 Å². The highest BCUT2D eigenvalue weighted by Crippen LogP contribution is 2.46. The summed E-state index contributed by atoms with van der Waals surface area (Å²) in [5, 5.41) is 6.17. The number of rotatable bonds is 7. The minimum Gasteiger partial charge on any atom is -0.319 e. The SMILES string of the molecule is CCC1(CC)CCN(C)CC1CC(CNC)c1ccc2ccccc2c1. The van der Waals surface area contributed by atoms with Gasteiger partial charge in [-0.05, 0) is 67.1 Å². The van der Waals surface area contributed by atoms with Crippen LogP contribution in [0, 0.1) is 11.3 Å². The minimum absolute atomic E-state index is 0.523. The van der Waals surface area contributed by atoms with E-state index in [4.69, 9.17) is 0 Å². The van der Waals surface area contributed by atoms with Crippen LogP contribution in [-0.2, 0) is 0 Å². The summed E-state index contributed by atoms with van der Waals surface area (Å²) in [4.78, 5) is 2.55. The highest BCUT2D eigenvalue weighted by atomic mass is 15.1. The average Bonchev–Trinajstić information content (AvgIpc) is 2.68. The van der Waals surface area contributed by atoms with Gasteiger partial charge < -0.3 is 10.2 Å². The van der Waals surface area contributed by atoms with Crippen LogP contribution in [-0.4, -0.2) is 38.6 Å². The van der Waals surface area contributed by atoms with Crippen molar-refractivity contribution in [2.75, 3.05) is 33.7 Å². The van der Waals surface area contributed by atoms with Crippen molar-refractivity contribution in [2.45, 2.75) is 45.4 Å². The molecule has 0 amide bonds. The maximum atomic E-state index is 3.46. The molecule has 0 aromatic heterocycles. The second kappa shape index (κ2) is 8.54. The predicted octanol–water partition coefficient (Wildman–Crippen LogP) is 5.29. The van der Waals surface area contributed by atoms with Crippen molar-refractivity contribution in [3.8, 4) is 0 Å². The molecule has 3 rings (SSSR count). The zero-order valence-corrected chi connectivity index (χ0v) is 17.1. The number of likely N-dealkylation sites (tertiary alicyclic amines) is 1. The Balaban J connectivity index is 1.88. The van der Waals surface area contributed by atoms with Crippen molar-refractivity contribution < 1.29 is 0 Å². The molecule has 0 saturated carbocycles. The minimum atomic E-state index is 0.523. The Hall–Kier alpha value is -1.38. The van der Waals surface area contributed by atoms with Crippen LogP contribution in [0.15, 0.2) is 42.5 Å². The molecule has 2 aromatic rings. The van der Waals surface area contributed by atoms with Crippen molar-refractivity contribution in [2.24, 2.45) is 11.3 Å². The van der Waals surface area contributed by atoms with E-state index in [2.05, 4.69) is 80.6 Å². The third-order valence-electron chi connectivity index (χ3n) is 7.06. The first kappa shape index (κ1) is 19.4. The van der Waals surface area contributed by atoms with Gasteiger partial charge in [-0.2, -0.15) is 0 Å². The summed E-state index contributed by atoms with van der Waals surface area (Å²) in [5.41, 5.74) is 2.02. The molecule has 2 nitrogen and oxygen atoms in total. The van der Waals surface area contributed by atoms with Gasteiger partial charge in [0.1, 0.15) is 0 Å². The predicted molar refractivity (Wildman–Crippen MR) is 114 cm³/mol. The molecule has 2 aromatic carbocycles. The molecule has 0 spiro atoms. The van der Waals surface area contributed by atoms with E-state index >= 15 is 0 Å². The van der Waals surface area contributed by atoms with Crippen molar-refractivity contribution >= 4 is 10.8 Å². The van der Waals surface area contributed by atoms with Crippen LogP contribution in [0.3, 0.4) is 0 Å². The Morgan fingerprint density at radius 2 is 1.85 bits per heavy atom. The number of hydrogen-bond acceptors (Lipinski definition) is 2. The molecule has 0 bridgehead atoms. The fourth-order valence-electron chi connectivity index (χ4n) is 5.17. The molecule has 142 valence electrons. The molecular weight excluding hydrogens is 316 g/mol. The summed E-state index contributed by atoms with van der Waals surface area (Å²) in [6.45, 7) is 8.37. The van der Waals surface area contributed by atoms with Crippen LogP contribution < -0.4 is 5.32 Å². The number of piperidine rings is 1. The summed E-state index contributed by atoms with van der Waals surface area (Å²) in [6.07, 6.45) is 5.26. The highest BCUT2D eigenvalue weighted by molar-refractivity contribution is 5.83. The second-order valence-electron chi connectivity index (χ2n) is 8.38. The maximum absolute atomic E-state index is 3.46. The first-order valence-corrected chi connectivity index (χ1v) is 10.4. The van der Waals surface area contributed by atoms with E-state index < -0.39 is 0 Å². The molecule has 26 heavy (non-hydrogen) atoms. The molecule has 0 radical (unpaired) electrons. The van der Waals surface area contributed by atoms with E-state index in [0.717, 1.165) is 12.5 Å². The smallest absolute Gasteiger partial charge is 0.00172 e. The number of hydrogen-bond donors (Lipinski definition) is 1. The molecule has 0 aliphatic carbocycles. The quantitative estimate of drug-likeness (QED) is 0.728. The Bertz CT molecular complexity index is 704. The lowest BCUT2D eigenvalue weighted by molar-refractivity contribution is 0.0277. The topological polar surface area (TPSA) is 15.3 Å². The third-order valence-corrected chi connectivity index (χ3v) is 7.06. The second-order valence-corrected chi connectivity index (χ2v) is 8.38. The molecule has 2 atom stereocenters. The molecule has 2 unspecified atom stereocenters. The molecule has 1 N–H and O–H groups in total.